The first kappa shape index (κ1) is 19.7. The smallest absolute Gasteiger partial charge is 0.353 e. The number of aromatic nitrogens is 3. The molecule has 7 nitrogen and oxygen atoms in total. The topological polar surface area (TPSA) is 81.5 Å². The van der Waals surface area contributed by atoms with Crippen molar-refractivity contribution in [3.63, 3.8) is 0 Å². The van der Waals surface area contributed by atoms with Crippen LogP contribution in [0.25, 0.3) is 0 Å². The molecular formula is C21H16N4O3S2. The van der Waals surface area contributed by atoms with Gasteiger partial charge in [0.25, 0.3) is 0 Å². The van der Waals surface area contributed by atoms with E-state index in [2.05, 4.69) is 15.3 Å². The largest absolute Gasteiger partial charge is 0.486 e. The number of nitrogens with zero attached hydrogens (tertiary/aromatic N) is 3. The molecule has 0 saturated carbocycles. The van der Waals surface area contributed by atoms with Gasteiger partial charge >= 0.3 is 5.97 Å². The number of aromatic amines is 1. The van der Waals surface area contributed by atoms with Gasteiger partial charge in [0, 0.05) is 0 Å². The normalized spacial score (nSPS) is 10.9. The van der Waals surface area contributed by atoms with Crippen LogP contribution in [0.5, 0.6) is 11.5 Å². The summed E-state index contributed by atoms with van der Waals surface area (Å²) < 4.78 is 12.9. The molecule has 2 heterocycles. The summed E-state index contributed by atoms with van der Waals surface area (Å²) in [6.45, 7) is 0.214. The van der Waals surface area contributed by atoms with Crippen LogP contribution in [0.2, 0.25) is 0 Å². The molecule has 0 radical (unpaired) electrons. The second kappa shape index (κ2) is 9.29. The van der Waals surface area contributed by atoms with Crippen LogP contribution in [0, 0.1) is 4.77 Å². The first-order valence-electron chi connectivity index (χ1n) is 8.93. The number of hydrogen-bond acceptors (Lipinski definition) is 7. The van der Waals surface area contributed by atoms with Crippen molar-refractivity contribution >= 4 is 35.7 Å². The average molecular weight is 437 g/mol. The number of hydrogen-bond donors (Lipinski definition) is 1. The number of benzene rings is 2. The molecule has 0 bridgehead atoms. The van der Waals surface area contributed by atoms with Gasteiger partial charge in [0.1, 0.15) is 23.0 Å². The fraction of sp³-hybridized carbons (Fsp3) is 0.0476. The molecule has 9 heteroatoms. The molecule has 0 fully saturated rings. The van der Waals surface area contributed by atoms with E-state index in [1.165, 1.54) is 16.0 Å². The minimum atomic E-state index is -0.376. The zero-order valence-electron chi connectivity index (χ0n) is 15.6. The van der Waals surface area contributed by atoms with Crippen LogP contribution in [-0.4, -0.2) is 27.1 Å². The van der Waals surface area contributed by atoms with Crippen molar-refractivity contribution in [1.29, 1.82) is 0 Å². The Kier molecular flexibility index (Phi) is 6.11. The van der Waals surface area contributed by atoms with Gasteiger partial charge in [0.15, 0.2) is 5.82 Å². The molecule has 0 unspecified atom stereocenters. The summed E-state index contributed by atoms with van der Waals surface area (Å²) in [6.07, 6.45) is 1.64. The molecule has 150 valence electrons. The number of nitrogens with one attached hydrogen (secondary N) is 1. The van der Waals surface area contributed by atoms with Gasteiger partial charge in [-0.15, -0.1) is 11.3 Å². The molecule has 0 atom stereocenters. The highest BCUT2D eigenvalue weighted by atomic mass is 32.1. The maximum Gasteiger partial charge on any atom is 0.353 e. The van der Waals surface area contributed by atoms with Gasteiger partial charge in [0.2, 0.25) is 4.77 Å². The van der Waals surface area contributed by atoms with Gasteiger partial charge in [-0.1, -0.05) is 24.3 Å². The van der Waals surface area contributed by atoms with Gasteiger partial charge in [-0.3, -0.25) is 0 Å². The third-order valence-corrected chi connectivity index (χ3v) is 5.08. The van der Waals surface area contributed by atoms with Crippen LogP contribution in [0.15, 0.2) is 77.2 Å². The summed E-state index contributed by atoms with van der Waals surface area (Å²) in [4.78, 5) is 12.6. The van der Waals surface area contributed by atoms with Crippen molar-refractivity contribution in [2.24, 2.45) is 5.10 Å². The Labute approximate surface area is 181 Å². The predicted octanol–water partition coefficient (Wildman–Crippen LogP) is 4.68. The number of ether oxygens (including phenoxy) is 2. The van der Waals surface area contributed by atoms with Crippen molar-refractivity contribution < 1.29 is 14.3 Å². The highest BCUT2D eigenvalue weighted by Gasteiger charge is 2.09. The molecule has 0 aliphatic rings. The molecule has 0 aliphatic carbocycles. The van der Waals surface area contributed by atoms with Gasteiger partial charge in [0.05, 0.1) is 6.21 Å². The number of para-hydroxylation sites is 1. The number of carbonyl (C=O) groups is 1. The van der Waals surface area contributed by atoms with E-state index >= 15 is 0 Å². The minimum Gasteiger partial charge on any atom is -0.486 e. The molecule has 0 saturated heterocycles. The van der Waals surface area contributed by atoms with Crippen LogP contribution < -0.4 is 9.47 Å². The number of rotatable bonds is 7. The molecule has 2 aromatic carbocycles. The fourth-order valence-corrected chi connectivity index (χ4v) is 3.30. The Morgan fingerprint density at radius 3 is 2.63 bits per heavy atom. The van der Waals surface area contributed by atoms with Crippen LogP contribution >= 0.6 is 23.6 Å². The Balaban J connectivity index is 1.42. The van der Waals surface area contributed by atoms with E-state index < -0.39 is 0 Å². The molecular weight excluding hydrogens is 420 g/mol. The van der Waals surface area contributed by atoms with Gasteiger partial charge < -0.3 is 9.47 Å². The molecule has 0 aliphatic heterocycles. The Morgan fingerprint density at radius 2 is 1.90 bits per heavy atom. The lowest BCUT2D eigenvalue weighted by Crippen LogP contribution is -2.06. The minimum absolute atomic E-state index is 0.214. The van der Waals surface area contributed by atoms with Crippen molar-refractivity contribution in [3.05, 3.63) is 93.1 Å². The lowest BCUT2D eigenvalue weighted by Gasteiger charge is -2.05. The number of carbonyl (C=O) groups excluding carboxylic acids is 1. The van der Waals surface area contributed by atoms with E-state index in [1.807, 2.05) is 35.7 Å². The van der Waals surface area contributed by atoms with E-state index in [1.54, 1.807) is 42.6 Å². The van der Waals surface area contributed by atoms with E-state index in [0.29, 0.717) is 21.2 Å². The van der Waals surface area contributed by atoms with Crippen molar-refractivity contribution in [2.45, 2.75) is 6.61 Å². The lowest BCUT2D eigenvalue weighted by molar-refractivity contribution is 0.0740. The molecule has 4 aromatic rings. The van der Waals surface area contributed by atoms with Crippen LogP contribution in [0.4, 0.5) is 0 Å². The third-order valence-electron chi connectivity index (χ3n) is 3.96. The Hall–Kier alpha value is -3.56. The van der Waals surface area contributed by atoms with Gasteiger partial charge in [-0.2, -0.15) is 14.9 Å². The number of esters is 1. The predicted molar refractivity (Wildman–Crippen MR) is 117 cm³/mol. The van der Waals surface area contributed by atoms with Gasteiger partial charge in [-0.25, -0.2) is 9.89 Å². The summed E-state index contributed by atoms with van der Waals surface area (Å²) in [7, 11) is 0. The molecule has 0 spiro atoms. The monoisotopic (exact) mass is 436 g/mol. The summed E-state index contributed by atoms with van der Waals surface area (Å²) in [5.41, 5.74) is 0.809. The van der Waals surface area contributed by atoms with Gasteiger partial charge in [-0.05, 0) is 65.6 Å². The molecule has 1 N–H and O–H groups in total. The number of thiophene rings is 1. The zero-order valence-corrected chi connectivity index (χ0v) is 17.2. The number of H-pyrrole nitrogens is 1. The van der Waals surface area contributed by atoms with E-state index in [0.717, 1.165) is 11.3 Å². The van der Waals surface area contributed by atoms with E-state index in [-0.39, 0.29) is 12.6 Å². The summed E-state index contributed by atoms with van der Waals surface area (Å²) in [5, 5.41) is 13.1. The highest BCUT2D eigenvalue weighted by molar-refractivity contribution is 7.71. The SMILES string of the molecule is O=C(Oc1ccc(/C=N\n2c(COc3ccccc3)n[nH]c2=S)cc1)c1cccs1. The second-order valence-corrected chi connectivity index (χ2v) is 7.37. The molecule has 30 heavy (non-hydrogen) atoms. The quantitative estimate of drug-likeness (QED) is 0.197. The lowest BCUT2D eigenvalue weighted by atomic mass is 10.2. The highest BCUT2D eigenvalue weighted by Crippen LogP contribution is 2.16. The molecule has 0 amide bonds. The van der Waals surface area contributed by atoms with Crippen molar-refractivity contribution in [2.75, 3.05) is 0 Å². The van der Waals surface area contributed by atoms with Crippen LogP contribution in [0.3, 0.4) is 0 Å². The summed E-state index contributed by atoms with van der Waals surface area (Å²) in [6, 6.07) is 20.0. The first-order chi connectivity index (χ1) is 14.7. The maximum atomic E-state index is 12.0. The average Bonchev–Trinajstić information content (AvgIpc) is 3.43. The first-order valence-corrected chi connectivity index (χ1v) is 10.2. The molecule has 4 rings (SSSR count). The van der Waals surface area contributed by atoms with Crippen LogP contribution in [-0.2, 0) is 6.61 Å². The fourth-order valence-electron chi connectivity index (χ4n) is 2.50. The zero-order chi connectivity index (χ0) is 20.8. The third kappa shape index (κ3) is 4.88. The van der Waals surface area contributed by atoms with E-state index in [4.69, 9.17) is 21.7 Å². The van der Waals surface area contributed by atoms with E-state index in [9.17, 15) is 4.79 Å². The Bertz CT molecular complexity index is 1200. The molecule has 2 aromatic heterocycles. The summed E-state index contributed by atoms with van der Waals surface area (Å²) in [5.74, 6) is 1.36. The van der Waals surface area contributed by atoms with Crippen molar-refractivity contribution in [1.82, 2.24) is 14.9 Å². The summed E-state index contributed by atoms with van der Waals surface area (Å²) >= 11 is 6.58. The maximum absolute atomic E-state index is 12.0. The Morgan fingerprint density at radius 1 is 1.10 bits per heavy atom. The standard InChI is InChI=1S/C21H16N4O3S2/c26-20(18-7-4-12-30-18)28-17-10-8-15(9-11-17)13-22-25-19(23-24-21(25)29)14-27-16-5-2-1-3-6-16/h1-13H,14H2,(H,24,29)/b22-13-. The van der Waals surface area contributed by atoms with Crippen LogP contribution in [0.1, 0.15) is 21.1 Å². The second-order valence-electron chi connectivity index (χ2n) is 6.04. The van der Waals surface area contributed by atoms with Crippen molar-refractivity contribution in [3.8, 4) is 11.5 Å².